The average molecular weight is 378 g/mol. The van der Waals surface area contributed by atoms with E-state index in [1.807, 2.05) is 56.3 Å². The van der Waals surface area contributed by atoms with Gasteiger partial charge in [0.25, 0.3) is 0 Å². The normalized spacial score (nSPS) is 19.1. The van der Waals surface area contributed by atoms with Gasteiger partial charge in [-0.1, -0.05) is 48.0 Å². The SMILES string of the molecule is CCOC(=O)C1C(=O)C=C(c2cccc(C)c2)CC1c1ccccc1OCC. The summed E-state index contributed by atoms with van der Waals surface area (Å²) in [7, 11) is 0. The van der Waals surface area contributed by atoms with Crippen molar-refractivity contribution in [2.45, 2.75) is 33.1 Å². The van der Waals surface area contributed by atoms with Crippen molar-refractivity contribution in [3.05, 3.63) is 71.3 Å². The number of esters is 1. The highest BCUT2D eigenvalue weighted by atomic mass is 16.5. The first-order chi connectivity index (χ1) is 13.5. The number of ketones is 1. The van der Waals surface area contributed by atoms with Crippen LogP contribution < -0.4 is 4.74 Å². The van der Waals surface area contributed by atoms with Crippen LogP contribution in [0.15, 0.2) is 54.6 Å². The maximum Gasteiger partial charge on any atom is 0.317 e. The van der Waals surface area contributed by atoms with Gasteiger partial charge in [-0.05, 0) is 56.0 Å². The molecule has 0 bridgehead atoms. The van der Waals surface area contributed by atoms with Gasteiger partial charge in [0.05, 0.1) is 13.2 Å². The Morgan fingerprint density at radius 2 is 1.86 bits per heavy atom. The number of aryl methyl sites for hydroxylation is 1. The summed E-state index contributed by atoms with van der Waals surface area (Å²) in [5, 5.41) is 0. The quantitative estimate of drug-likeness (QED) is 0.539. The first kappa shape index (κ1) is 19.9. The summed E-state index contributed by atoms with van der Waals surface area (Å²) in [6, 6.07) is 15.7. The molecule has 4 nitrogen and oxygen atoms in total. The van der Waals surface area contributed by atoms with E-state index in [-0.39, 0.29) is 18.3 Å². The predicted molar refractivity (Wildman–Crippen MR) is 109 cm³/mol. The Morgan fingerprint density at radius 1 is 1.07 bits per heavy atom. The van der Waals surface area contributed by atoms with Crippen molar-refractivity contribution >= 4 is 17.3 Å². The summed E-state index contributed by atoms with van der Waals surface area (Å²) in [6.07, 6.45) is 2.18. The van der Waals surface area contributed by atoms with Crippen molar-refractivity contribution in [1.82, 2.24) is 0 Å². The van der Waals surface area contributed by atoms with Crippen LogP contribution in [0.25, 0.3) is 5.57 Å². The number of ether oxygens (including phenoxy) is 2. The predicted octanol–water partition coefficient (Wildman–Crippen LogP) is 4.71. The zero-order valence-electron chi connectivity index (χ0n) is 16.6. The summed E-state index contributed by atoms with van der Waals surface area (Å²) in [4.78, 5) is 25.7. The fraction of sp³-hybridized carbons (Fsp3) is 0.333. The van der Waals surface area contributed by atoms with Crippen LogP contribution in [0.5, 0.6) is 5.75 Å². The van der Waals surface area contributed by atoms with Crippen LogP contribution in [0.3, 0.4) is 0 Å². The fourth-order valence-corrected chi connectivity index (χ4v) is 3.80. The number of carbonyl (C=O) groups excluding carboxylic acids is 2. The molecule has 3 rings (SSSR count). The first-order valence-corrected chi connectivity index (χ1v) is 9.75. The molecule has 0 aromatic heterocycles. The highest BCUT2D eigenvalue weighted by molar-refractivity contribution is 6.10. The largest absolute Gasteiger partial charge is 0.494 e. The van der Waals surface area contributed by atoms with Gasteiger partial charge >= 0.3 is 5.97 Å². The van der Waals surface area contributed by atoms with E-state index in [0.29, 0.717) is 18.8 Å². The van der Waals surface area contributed by atoms with E-state index < -0.39 is 11.9 Å². The van der Waals surface area contributed by atoms with Gasteiger partial charge in [0.2, 0.25) is 0 Å². The summed E-state index contributed by atoms with van der Waals surface area (Å²) in [6.45, 7) is 6.46. The van der Waals surface area contributed by atoms with E-state index in [1.54, 1.807) is 13.0 Å². The molecular weight excluding hydrogens is 352 g/mol. The molecule has 28 heavy (non-hydrogen) atoms. The second-order valence-corrected chi connectivity index (χ2v) is 6.95. The van der Waals surface area contributed by atoms with Gasteiger partial charge in [-0.25, -0.2) is 0 Å². The third kappa shape index (κ3) is 4.16. The molecule has 0 saturated heterocycles. The van der Waals surface area contributed by atoms with Crippen LogP contribution in [0.1, 0.15) is 42.9 Å². The first-order valence-electron chi connectivity index (χ1n) is 9.75. The number of hydrogen-bond donors (Lipinski definition) is 0. The number of hydrogen-bond acceptors (Lipinski definition) is 4. The standard InChI is InChI=1S/C24H26O4/c1-4-27-22-12-7-6-11-19(22)20-14-18(17-10-8-9-16(3)13-17)15-21(25)23(20)24(26)28-5-2/h6-13,15,20,23H,4-5,14H2,1-3H3. The molecule has 2 atom stereocenters. The zero-order chi connectivity index (χ0) is 20.1. The molecule has 0 aliphatic heterocycles. The lowest BCUT2D eigenvalue weighted by Crippen LogP contribution is -2.34. The molecule has 0 amide bonds. The topological polar surface area (TPSA) is 52.6 Å². The maximum atomic E-state index is 13.0. The molecule has 0 radical (unpaired) electrons. The molecule has 2 unspecified atom stereocenters. The van der Waals surface area contributed by atoms with Crippen LogP contribution in [0, 0.1) is 12.8 Å². The van der Waals surface area contributed by atoms with E-state index >= 15 is 0 Å². The molecule has 0 N–H and O–H groups in total. The maximum absolute atomic E-state index is 13.0. The minimum atomic E-state index is -0.852. The fourth-order valence-electron chi connectivity index (χ4n) is 3.80. The Morgan fingerprint density at radius 3 is 2.57 bits per heavy atom. The summed E-state index contributed by atoms with van der Waals surface area (Å²) < 4.78 is 11.0. The van der Waals surface area contributed by atoms with Crippen LogP contribution >= 0.6 is 0 Å². The van der Waals surface area contributed by atoms with Gasteiger partial charge in [0.15, 0.2) is 5.78 Å². The van der Waals surface area contributed by atoms with E-state index in [0.717, 1.165) is 22.3 Å². The van der Waals surface area contributed by atoms with Crippen LogP contribution in [0.2, 0.25) is 0 Å². The molecule has 2 aromatic carbocycles. The Balaban J connectivity index is 2.07. The van der Waals surface area contributed by atoms with E-state index in [9.17, 15) is 9.59 Å². The third-order valence-electron chi connectivity index (χ3n) is 5.01. The molecule has 1 aliphatic rings. The summed E-state index contributed by atoms with van der Waals surface area (Å²) >= 11 is 0. The Hall–Kier alpha value is -2.88. The van der Waals surface area contributed by atoms with Crippen LogP contribution in [-0.4, -0.2) is 25.0 Å². The number of carbonyl (C=O) groups is 2. The van der Waals surface area contributed by atoms with Gasteiger partial charge in [0, 0.05) is 5.92 Å². The average Bonchev–Trinajstić information content (AvgIpc) is 2.68. The van der Waals surface area contributed by atoms with Gasteiger partial charge < -0.3 is 9.47 Å². The second kappa shape index (κ2) is 8.87. The monoisotopic (exact) mass is 378 g/mol. The molecule has 146 valence electrons. The molecule has 2 aromatic rings. The lowest BCUT2D eigenvalue weighted by Gasteiger charge is -2.30. The van der Waals surface area contributed by atoms with E-state index in [1.165, 1.54) is 0 Å². The second-order valence-electron chi connectivity index (χ2n) is 6.95. The highest BCUT2D eigenvalue weighted by Gasteiger charge is 2.40. The van der Waals surface area contributed by atoms with Crippen molar-refractivity contribution in [2.75, 3.05) is 13.2 Å². The Kier molecular flexibility index (Phi) is 6.30. The molecule has 1 aliphatic carbocycles. The molecule has 4 heteroatoms. The van der Waals surface area contributed by atoms with Crippen molar-refractivity contribution in [3.8, 4) is 5.75 Å². The highest BCUT2D eigenvalue weighted by Crippen LogP contribution is 2.43. The van der Waals surface area contributed by atoms with Gasteiger partial charge in [-0.3, -0.25) is 9.59 Å². The van der Waals surface area contributed by atoms with Crippen LogP contribution in [-0.2, 0) is 14.3 Å². The molecule has 0 heterocycles. The van der Waals surface area contributed by atoms with Gasteiger partial charge in [-0.2, -0.15) is 0 Å². The molecule has 0 spiro atoms. The zero-order valence-corrected chi connectivity index (χ0v) is 16.6. The lowest BCUT2D eigenvalue weighted by atomic mass is 9.73. The number of benzene rings is 2. The number of para-hydroxylation sites is 1. The summed E-state index contributed by atoms with van der Waals surface area (Å²) in [5.74, 6) is -1.15. The van der Waals surface area contributed by atoms with Crippen molar-refractivity contribution in [1.29, 1.82) is 0 Å². The van der Waals surface area contributed by atoms with Crippen molar-refractivity contribution in [3.63, 3.8) is 0 Å². The van der Waals surface area contributed by atoms with Crippen LogP contribution in [0.4, 0.5) is 0 Å². The van der Waals surface area contributed by atoms with Gasteiger partial charge in [0.1, 0.15) is 11.7 Å². The van der Waals surface area contributed by atoms with Gasteiger partial charge in [-0.15, -0.1) is 0 Å². The minimum Gasteiger partial charge on any atom is -0.494 e. The third-order valence-corrected chi connectivity index (χ3v) is 5.01. The Labute approximate surface area is 166 Å². The lowest BCUT2D eigenvalue weighted by molar-refractivity contribution is -0.151. The van der Waals surface area contributed by atoms with Crippen molar-refractivity contribution < 1.29 is 19.1 Å². The number of allylic oxidation sites excluding steroid dienone is 2. The van der Waals surface area contributed by atoms with Crippen molar-refractivity contribution in [2.24, 2.45) is 5.92 Å². The molecule has 0 saturated carbocycles. The number of rotatable bonds is 6. The Bertz CT molecular complexity index is 897. The molecular formula is C24H26O4. The molecule has 0 fully saturated rings. The smallest absolute Gasteiger partial charge is 0.317 e. The minimum absolute atomic E-state index is 0.211. The summed E-state index contributed by atoms with van der Waals surface area (Å²) in [5.41, 5.74) is 3.94. The van der Waals surface area contributed by atoms with E-state index in [4.69, 9.17) is 9.47 Å². The van der Waals surface area contributed by atoms with E-state index in [2.05, 4.69) is 6.07 Å².